The zero-order valence-electron chi connectivity index (χ0n) is 17.2. The van der Waals surface area contributed by atoms with Gasteiger partial charge in [0.25, 0.3) is 0 Å². The van der Waals surface area contributed by atoms with Gasteiger partial charge >= 0.3 is 0 Å². The summed E-state index contributed by atoms with van der Waals surface area (Å²) in [6, 6.07) is 20.1. The van der Waals surface area contributed by atoms with Crippen LogP contribution in [0.5, 0.6) is 0 Å². The van der Waals surface area contributed by atoms with Crippen molar-refractivity contribution in [2.24, 2.45) is 0 Å². The number of nitrogens with zero attached hydrogens (tertiary/aromatic N) is 1. The van der Waals surface area contributed by atoms with Gasteiger partial charge in [0, 0.05) is 6.04 Å². The van der Waals surface area contributed by atoms with Crippen LogP contribution >= 0.6 is 0 Å². The molecule has 2 nitrogen and oxygen atoms in total. The fourth-order valence-corrected chi connectivity index (χ4v) is 4.51. The fourth-order valence-electron chi connectivity index (χ4n) is 4.51. The van der Waals surface area contributed by atoms with E-state index in [1.54, 1.807) is 0 Å². The monoisotopic (exact) mass is 372 g/mol. The molecule has 1 unspecified atom stereocenters. The normalized spacial score (nSPS) is 15.2. The summed E-state index contributed by atoms with van der Waals surface area (Å²) in [6.45, 7) is 5.42. The predicted octanol–water partition coefficient (Wildman–Crippen LogP) is 6.37. The lowest BCUT2D eigenvalue weighted by Gasteiger charge is -2.27. The average Bonchev–Trinajstić information content (AvgIpc) is 3.02. The summed E-state index contributed by atoms with van der Waals surface area (Å²) in [5, 5.41) is 14.1. The van der Waals surface area contributed by atoms with Gasteiger partial charge in [-0.15, -0.1) is 0 Å². The fraction of sp³-hybridized carbons (Fsp3) is 0.423. The summed E-state index contributed by atoms with van der Waals surface area (Å²) in [5.74, 6) is 0. The molecule has 0 spiro atoms. The van der Waals surface area contributed by atoms with Gasteiger partial charge in [0.1, 0.15) is 5.41 Å². The molecule has 0 amide bonds. The Bertz CT molecular complexity index is 798. The van der Waals surface area contributed by atoms with Gasteiger partial charge in [0.05, 0.1) is 6.07 Å². The van der Waals surface area contributed by atoms with Crippen LogP contribution in [-0.4, -0.2) is 12.6 Å². The summed E-state index contributed by atoms with van der Waals surface area (Å²) >= 11 is 0. The number of fused-ring (bicyclic) bond motifs is 3. The number of nitriles is 1. The van der Waals surface area contributed by atoms with E-state index in [1.807, 2.05) is 0 Å². The van der Waals surface area contributed by atoms with Crippen LogP contribution in [0.2, 0.25) is 0 Å². The molecule has 0 saturated carbocycles. The van der Waals surface area contributed by atoms with Crippen molar-refractivity contribution in [3.05, 3.63) is 71.8 Å². The van der Waals surface area contributed by atoms with Crippen molar-refractivity contribution in [2.45, 2.75) is 63.8 Å². The van der Waals surface area contributed by atoms with Crippen molar-refractivity contribution in [3.8, 4) is 17.2 Å². The van der Waals surface area contributed by atoms with Crippen LogP contribution in [-0.2, 0) is 5.41 Å². The first-order valence-electron chi connectivity index (χ1n) is 10.8. The first kappa shape index (κ1) is 20.4. The third-order valence-corrected chi connectivity index (χ3v) is 5.91. The topological polar surface area (TPSA) is 35.8 Å². The molecule has 1 aliphatic carbocycles. The highest BCUT2D eigenvalue weighted by atomic mass is 14.9. The van der Waals surface area contributed by atoms with E-state index in [9.17, 15) is 5.26 Å². The number of allylic oxidation sites excluding steroid dienone is 1. The average molecular weight is 373 g/mol. The van der Waals surface area contributed by atoms with Gasteiger partial charge in [-0.25, -0.2) is 0 Å². The molecule has 0 bridgehead atoms. The zero-order chi connectivity index (χ0) is 19.8. The highest BCUT2D eigenvalue weighted by Gasteiger charge is 2.43. The molecule has 0 aliphatic heterocycles. The van der Waals surface area contributed by atoms with Crippen LogP contribution in [0.25, 0.3) is 11.1 Å². The molecule has 1 atom stereocenters. The van der Waals surface area contributed by atoms with E-state index in [0.29, 0.717) is 6.04 Å². The van der Waals surface area contributed by atoms with Crippen LogP contribution in [0, 0.1) is 11.3 Å². The molecule has 0 radical (unpaired) electrons. The van der Waals surface area contributed by atoms with Gasteiger partial charge < -0.3 is 5.32 Å². The minimum absolute atomic E-state index is 0.463. The Kier molecular flexibility index (Phi) is 7.06. The van der Waals surface area contributed by atoms with E-state index in [0.717, 1.165) is 45.1 Å². The third kappa shape index (κ3) is 4.05. The first-order valence-corrected chi connectivity index (χ1v) is 10.8. The van der Waals surface area contributed by atoms with Crippen LogP contribution < -0.4 is 5.32 Å². The molecule has 0 fully saturated rings. The van der Waals surface area contributed by atoms with E-state index in [2.05, 4.69) is 85.9 Å². The summed E-state index contributed by atoms with van der Waals surface area (Å²) in [5.41, 5.74) is 4.29. The maximum absolute atomic E-state index is 10.3. The van der Waals surface area contributed by atoms with E-state index in [-0.39, 0.29) is 0 Å². The summed E-state index contributed by atoms with van der Waals surface area (Å²) in [7, 11) is 0. The van der Waals surface area contributed by atoms with Crippen molar-refractivity contribution in [2.75, 3.05) is 6.54 Å². The molecule has 2 aromatic rings. The highest BCUT2D eigenvalue weighted by molar-refractivity contribution is 5.82. The summed E-state index contributed by atoms with van der Waals surface area (Å²) < 4.78 is 0. The lowest BCUT2D eigenvalue weighted by molar-refractivity contribution is 0.414. The zero-order valence-corrected chi connectivity index (χ0v) is 17.2. The van der Waals surface area contributed by atoms with Gasteiger partial charge in [0.2, 0.25) is 0 Å². The maximum Gasteiger partial charge on any atom is 0.108 e. The smallest absolute Gasteiger partial charge is 0.108 e. The van der Waals surface area contributed by atoms with E-state index in [1.165, 1.54) is 22.3 Å². The minimum atomic E-state index is -0.525. The van der Waals surface area contributed by atoms with Crippen molar-refractivity contribution in [3.63, 3.8) is 0 Å². The van der Waals surface area contributed by atoms with Gasteiger partial charge in [0.15, 0.2) is 0 Å². The molecule has 2 heteroatoms. The number of hydrogen-bond acceptors (Lipinski definition) is 2. The van der Waals surface area contributed by atoms with Crippen molar-refractivity contribution >= 4 is 0 Å². The Morgan fingerprint density at radius 1 is 0.964 bits per heavy atom. The van der Waals surface area contributed by atoms with Gasteiger partial charge in [-0.2, -0.15) is 5.26 Å². The maximum atomic E-state index is 10.3. The number of rotatable bonds is 10. The van der Waals surface area contributed by atoms with Crippen molar-refractivity contribution < 1.29 is 0 Å². The molecular formula is C26H32N2. The van der Waals surface area contributed by atoms with E-state index in [4.69, 9.17) is 0 Å². The molecule has 1 aliphatic rings. The lowest BCUT2D eigenvalue weighted by atomic mass is 9.75. The lowest BCUT2D eigenvalue weighted by Crippen LogP contribution is -2.33. The molecule has 0 aromatic heterocycles. The van der Waals surface area contributed by atoms with Crippen LogP contribution in [0.1, 0.15) is 63.5 Å². The second kappa shape index (κ2) is 9.71. The molecule has 28 heavy (non-hydrogen) atoms. The molecule has 0 saturated heterocycles. The second-order valence-corrected chi connectivity index (χ2v) is 7.76. The quantitative estimate of drug-likeness (QED) is 0.388. The van der Waals surface area contributed by atoms with Gasteiger partial charge in [-0.3, -0.25) is 0 Å². The predicted molar refractivity (Wildman–Crippen MR) is 118 cm³/mol. The molecule has 146 valence electrons. The minimum Gasteiger partial charge on any atom is -0.314 e. The highest BCUT2D eigenvalue weighted by Crippen LogP contribution is 2.51. The molecular weight excluding hydrogens is 340 g/mol. The van der Waals surface area contributed by atoms with Crippen molar-refractivity contribution in [1.29, 1.82) is 5.26 Å². The first-order chi connectivity index (χ1) is 13.8. The summed E-state index contributed by atoms with van der Waals surface area (Å²) in [4.78, 5) is 0. The van der Waals surface area contributed by atoms with Gasteiger partial charge in [-0.05, 0) is 60.9 Å². The van der Waals surface area contributed by atoms with Crippen LogP contribution in [0.4, 0.5) is 0 Å². The molecule has 3 rings (SSSR count). The molecule has 1 N–H and O–H groups in total. The van der Waals surface area contributed by atoms with Crippen LogP contribution in [0.3, 0.4) is 0 Å². The Morgan fingerprint density at radius 2 is 1.61 bits per heavy atom. The summed E-state index contributed by atoms with van der Waals surface area (Å²) in [6.07, 6.45) is 10.9. The Labute approximate surface area is 170 Å². The number of nitrogens with one attached hydrogen (secondary N) is 1. The number of benzene rings is 2. The third-order valence-electron chi connectivity index (χ3n) is 5.91. The van der Waals surface area contributed by atoms with Gasteiger partial charge in [-0.1, -0.05) is 81.0 Å². The Balaban J connectivity index is 1.79. The second-order valence-electron chi connectivity index (χ2n) is 7.76. The van der Waals surface area contributed by atoms with Crippen LogP contribution in [0.15, 0.2) is 60.7 Å². The SMILES string of the molecule is CCC=CCCNC(CCC)CCC1(C#N)c2ccccc2-c2ccccc21. The largest absolute Gasteiger partial charge is 0.314 e. The Morgan fingerprint density at radius 3 is 2.18 bits per heavy atom. The van der Waals surface area contributed by atoms with E-state index >= 15 is 0 Å². The van der Waals surface area contributed by atoms with E-state index < -0.39 is 5.41 Å². The molecule has 2 aromatic carbocycles. The Hall–Kier alpha value is -2.37. The number of hydrogen-bond donors (Lipinski definition) is 1. The standard InChI is InChI=1S/C26H32N2/c1-3-5-6-11-19-28-21(12-4-2)17-18-26(20-27)24-15-9-7-13-22(24)23-14-8-10-16-25(23)26/h5-10,13-16,21,28H,3-4,11-12,17-19H2,1-2H3. The van der Waals surface area contributed by atoms with Crippen molar-refractivity contribution in [1.82, 2.24) is 5.32 Å². The molecule has 0 heterocycles.